The molecule has 0 saturated carbocycles. The van der Waals surface area contributed by atoms with Crippen LogP contribution in [0.4, 0.5) is 0 Å². The van der Waals surface area contributed by atoms with Crippen molar-refractivity contribution in [2.24, 2.45) is 21.1 Å². The zero-order valence-electron chi connectivity index (χ0n) is 14.9. The van der Waals surface area contributed by atoms with Crippen LogP contribution >= 0.6 is 0 Å². The van der Waals surface area contributed by atoms with E-state index in [9.17, 15) is 9.59 Å². The average Bonchev–Trinajstić information content (AvgIpc) is 2.99. The lowest BCUT2D eigenvalue weighted by atomic mass is 10.1. The Bertz CT molecular complexity index is 1260. The highest BCUT2D eigenvalue weighted by molar-refractivity contribution is 5.83. The Morgan fingerprint density at radius 3 is 2.35 bits per heavy atom. The summed E-state index contributed by atoms with van der Waals surface area (Å²) in [7, 11) is 4.90. The van der Waals surface area contributed by atoms with Crippen molar-refractivity contribution in [3.05, 3.63) is 74.9 Å². The molecule has 0 amide bonds. The van der Waals surface area contributed by atoms with E-state index in [1.165, 1.54) is 17.0 Å². The molecule has 4 rings (SSSR count). The van der Waals surface area contributed by atoms with Crippen molar-refractivity contribution in [2.45, 2.75) is 6.61 Å². The number of hydrogen-bond acceptors (Lipinski definition) is 3. The molecule has 0 aliphatic rings. The van der Waals surface area contributed by atoms with E-state index >= 15 is 0 Å². The van der Waals surface area contributed by atoms with Gasteiger partial charge in [0, 0.05) is 27.2 Å². The number of benzene rings is 2. The van der Waals surface area contributed by atoms with Crippen LogP contribution in [-0.4, -0.2) is 13.7 Å². The molecule has 132 valence electrons. The molecule has 26 heavy (non-hydrogen) atoms. The van der Waals surface area contributed by atoms with Gasteiger partial charge in [-0.05, 0) is 22.4 Å². The monoisotopic (exact) mass is 349 g/mol. The minimum Gasteiger partial charge on any atom is -0.474 e. The summed E-state index contributed by atoms with van der Waals surface area (Å²) in [6, 6.07) is 16.1. The van der Waals surface area contributed by atoms with E-state index in [4.69, 9.17) is 4.74 Å². The minimum absolute atomic E-state index is 0.328. The number of ether oxygens (including phenoxy) is 1. The molecule has 6 heteroatoms. The summed E-state index contributed by atoms with van der Waals surface area (Å²) in [6.07, 6.45) is 0. The predicted octanol–water partition coefficient (Wildman–Crippen LogP) is 2.31. The van der Waals surface area contributed by atoms with Gasteiger partial charge >= 0.3 is 5.69 Å². The average molecular weight is 349 g/mol. The number of hydrogen-bond donors (Lipinski definition) is 0. The summed E-state index contributed by atoms with van der Waals surface area (Å²) >= 11 is 0. The third-order valence-electron chi connectivity index (χ3n) is 4.81. The maximum absolute atomic E-state index is 12.4. The molecule has 0 bridgehead atoms. The molecule has 0 atom stereocenters. The van der Waals surface area contributed by atoms with E-state index in [1.807, 2.05) is 18.2 Å². The normalized spacial score (nSPS) is 11.3. The highest BCUT2D eigenvalue weighted by Crippen LogP contribution is 2.22. The van der Waals surface area contributed by atoms with Crippen molar-refractivity contribution in [3.63, 3.8) is 0 Å². The first-order chi connectivity index (χ1) is 12.5. The summed E-state index contributed by atoms with van der Waals surface area (Å²) in [5.74, 6) is 0.548. The van der Waals surface area contributed by atoms with Gasteiger partial charge in [-0.3, -0.25) is 13.9 Å². The molecule has 2 aromatic carbocycles. The van der Waals surface area contributed by atoms with Crippen LogP contribution in [0, 0.1) is 0 Å². The Morgan fingerprint density at radius 2 is 1.58 bits per heavy atom. The van der Waals surface area contributed by atoms with Crippen molar-refractivity contribution < 1.29 is 4.74 Å². The summed E-state index contributed by atoms with van der Waals surface area (Å²) in [5.41, 5.74) is 1.37. The fourth-order valence-electron chi connectivity index (χ4n) is 3.27. The zero-order valence-corrected chi connectivity index (χ0v) is 14.9. The number of rotatable bonds is 3. The Hall–Kier alpha value is -3.28. The lowest BCUT2D eigenvalue weighted by Crippen LogP contribution is -2.37. The van der Waals surface area contributed by atoms with Gasteiger partial charge in [-0.2, -0.15) is 0 Å². The fourth-order valence-corrected chi connectivity index (χ4v) is 3.27. The van der Waals surface area contributed by atoms with Gasteiger partial charge in [-0.1, -0.05) is 36.4 Å². The second kappa shape index (κ2) is 5.91. The van der Waals surface area contributed by atoms with Crippen molar-refractivity contribution in [1.29, 1.82) is 0 Å². The third-order valence-corrected chi connectivity index (χ3v) is 4.81. The molecule has 0 aliphatic carbocycles. The molecule has 2 heterocycles. The first-order valence-electron chi connectivity index (χ1n) is 8.33. The first kappa shape index (κ1) is 16.2. The Morgan fingerprint density at radius 1 is 0.846 bits per heavy atom. The highest BCUT2D eigenvalue weighted by atomic mass is 16.5. The predicted molar refractivity (Wildman–Crippen MR) is 102 cm³/mol. The smallest absolute Gasteiger partial charge is 0.331 e. The summed E-state index contributed by atoms with van der Waals surface area (Å²) in [6.45, 7) is 0.378. The van der Waals surface area contributed by atoms with Gasteiger partial charge in [0.25, 0.3) is 5.56 Å². The summed E-state index contributed by atoms with van der Waals surface area (Å²) in [5, 5.41) is 2.33. The van der Waals surface area contributed by atoms with Crippen molar-refractivity contribution in [2.75, 3.05) is 0 Å². The lowest BCUT2D eigenvalue weighted by Gasteiger charge is -2.08. The molecule has 0 unspecified atom stereocenters. The van der Waals surface area contributed by atoms with E-state index in [0.717, 1.165) is 15.5 Å². The van der Waals surface area contributed by atoms with Crippen LogP contribution in [-0.2, 0) is 27.7 Å². The van der Waals surface area contributed by atoms with E-state index < -0.39 is 0 Å². The van der Waals surface area contributed by atoms with Gasteiger partial charge in [0.1, 0.15) is 12.1 Å². The van der Waals surface area contributed by atoms with Gasteiger partial charge in [0.15, 0.2) is 5.88 Å². The van der Waals surface area contributed by atoms with E-state index in [0.29, 0.717) is 23.5 Å². The molecule has 0 fully saturated rings. The number of nitrogens with zero attached hydrogens (tertiary/aromatic N) is 3. The molecule has 0 spiro atoms. The maximum atomic E-state index is 12.4. The molecule has 6 nitrogen and oxygen atoms in total. The van der Waals surface area contributed by atoms with Gasteiger partial charge in [0.05, 0.1) is 5.52 Å². The molecule has 2 aromatic heterocycles. The Balaban J connectivity index is 1.72. The van der Waals surface area contributed by atoms with Crippen LogP contribution in [0.3, 0.4) is 0 Å². The molecule has 0 N–H and O–H groups in total. The van der Waals surface area contributed by atoms with E-state index in [2.05, 4.69) is 24.3 Å². The lowest BCUT2D eigenvalue weighted by molar-refractivity contribution is 0.285. The number of fused-ring (bicyclic) bond motifs is 2. The van der Waals surface area contributed by atoms with E-state index in [1.54, 1.807) is 24.7 Å². The summed E-state index contributed by atoms with van der Waals surface area (Å²) < 4.78 is 10.2. The van der Waals surface area contributed by atoms with Crippen LogP contribution in [0.25, 0.3) is 21.8 Å². The molecule has 0 aliphatic heterocycles. The van der Waals surface area contributed by atoms with Gasteiger partial charge in [-0.25, -0.2) is 4.79 Å². The second-order valence-electron chi connectivity index (χ2n) is 6.45. The van der Waals surface area contributed by atoms with Gasteiger partial charge < -0.3 is 9.30 Å². The van der Waals surface area contributed by atoms with Crippen LogP contribution < -0.4 is 16.0 Å². The Kier molecular flexibility index (Phi) is 3.68. The number of aryl methyl sites for hydroxylation is 2. The molecular formula is C20H19N3O3. The fraction of sp³-hybridized carbons (Fsp3) is 0.200. The van der Waals surface area contributed by atoms with Crippen LogP contribution in [0.1, 0.15) is 5.56 Å². The van der Waals surface area contributed by atoms with Crippen molar-refractivity contribution in [1.82, 2.24) is 13.7 Å². The quantitative estimate of drug-likeness (QED) is 0.570. The van der Waals surface area contributed by atoms with Crippen LogP contribution in [0.5, 0.6) is 5.88 Å². The highest BCUT2D eigenvalue weighted by Gasteiger charge is 2.16. The molecule has 0 radical (unpaired) electrons. The van der Waals surface area contributed by atoms with Crippen LogP contribution in [0.15, 0.2) is 58.1 Å². The largest absolute Gasteiger partial charge is 0.474 e. The molecular weight excluding hydrogens is 330 g/mol. The van der Waals surface area contributed by atoms with E-state index in [-0.39, 0.29) is 11.2 Å². The molecule has 0 saturated heterocycles. The SMILES string of the molecule is Cn1c(=O)c2c(cc(OCc3ccc4ccccc4c3)n2C)n(C)c1=O. The topological polar surface area (TPSA) is 58.2 Å². The van der Waals surface area contributed by atoms with Gasteiger partial charge in [0.2, 0.25) is 0 Å². The standard InChI is InChI=1S/C20H19N3O3/c1-21-16-11-17(22(2)18(16)19(24)23(3)20(21)25)26-12-13-8-9-14-6-4-5-7-15(14)10-13/h4-11H,12H2,1-3H3. The molecule has 4 aromatic rings. The van der Waals surface area contributed by atoms with Crippen molar-refractivity contribution in [3.8, 4) is 5.88 Å². The minimum atomic E-state index is -0.353. The third kappa shape index (κ3) is 2.42. The number of aromatic nitrogens is 3. The van der Waals surface area contributed by atoms with Gasteiger partial charge in [-0.15, -0.1) is 0 Å². The zero-order chi connectivity index (χ0) is 18.4. The van der Waals surface area contributed by atoms with Crippen LogP contribution in [0.2, 0.25) is 0 Å². The Labute approximate surface area is 149 Å². The summed E-state index contributed by atoms with van der Waals surface area (Å²) in [4.78, 5) is 24.5. The van der Waals surface area contributed by atoms with Crippen molar-refractivity contribution >= 4 is 21.8 Å². The second-order valence-corrected chi connectivity index (χ2v) is 6.45. The maximum Gasteiger partial charge on any atom is 0.331 e. The first-order valence-corrected chi connectivity index (χ1v) is 8.33.